The molecular formula is C13H14BrClO2. The molecule has 1 aliphatic rings. The predicted octanol–water partition coefficient (Wildman–Crippen LogP) is 4.24. The molecule has 2 nitrogen and oxygen atoms in total. The topological polar surface area (TPSA) is 26.3 Å². The summed E-state index contributed by atoms with van der Waals surface area (Å²) in [5, 5.41) is 0.583. The van der Waals surface area contributed by atoms with E-state index in [0.717, 1.165) is 30.3 Å². The average Bonchev–Trinajstić information content (AvgIpc) is 2.77. The summed E-state index contributed by atoms with van der Waals surface area (Å²) >= 11 is 9.25. The van der Waals surface area contributed by atoms with Crippen LogP contribution in [0.25, 0.3) is 0 Å². The Labute approximate surface area is 114 Å². The Morgan fingerprint density at radius 2 is 2.29 bits per heavy atom. The molecule has 1 unspecified atom stereocenters. The summed E-state index contributed by atoms with van der Waals surface area (Å²) in [6.45, 7) is 0.835. The van der Waals surface area contributed by atoms with Crippen molar-refractivity contribution in [1.82, 2.24) is 0 Å². The molecule has 1 saturated heterocycles. The summed E-state index contributed by atoms with van der Waals surface area (Å²) in [4.78, 5) is 12.0. The maximum atomic E-state index is 12.0. The van der Waals surface area contributed by atoms with E-state index in [4.69, 9.17) is 16.3 Å². The quantitative estimate of drug-likeness (QED) is 0.776. The van der Waals surface area contributed by atoms with E-state index in [9.17, 15) is 4.79 Å². The lowest BCUT2D eigenvalue weighted by atomic mass is 10.0. The van der Waals surface area contributed by atoms with E-state index in [1.807, 2.05) is 6.07 Å². The van der Waals surface area contributed by atoms with E-state index in [0.29, 0.717) is 17.0 Å². The van der Waals surface area contributed by atoms with Crippen molar-refractivity contribution in [2.75, 3.05) is 6.61 Å². The zero-order valence-electron chi connectivity index (χ0n) is 9.42. The maximum absolute atomic E-state index is 12.0. The van der Waals surface area contributed by atoms with Gasteiger partial charge in [0.05, 0.1) is 6.10 Å². The van der Waals surface area contributed by atoms with Gasteiger partial charge in [0.15, 0.2) is 5.78 Å². The van der Waals surface area contributed by atoms with Crippen LogP contribution < -0.4 is 0 Å². The van der Waals surface area contributed by atoms with Gasteiger partial charge in [0.25, 0.3) is 0 Å². The second-order valence-electron chi connectivity index (χ2n) is 4.26. The Hall–Kier alpha value is -0.380. The molecule has 1 atom stereocenters. The zero-order chi connectivity index (χ0) is 12.3. The first-order valence-corrected chi connectivity index (χ1v) is 6.93. The number of ether oxygens (including phenoxy) is 1. The molecule has 0 N–H and O–H groups in total. The Kier molecular flexibility index (Phi) is 4.60. The van der Waals surface area contributed by atoms with Crippen molar-refractivity contribution in [2.45, 2.75) is 31.8 Å². The summed E-state index contributed by atoms with van der Waals surface area (Å²) in [6, 6.07) is 5.30. The Morgan fingerprint density at radius 1 is 1.47 bits per heavy atom. The molecule has 17 heavy (non-hydrogen) atoms. The zero-order valence-corrected chi connectivity index (χ0v) is 11.8. The van der Waals surface area contributed by atoms with Crippen LogP contribution in [-0.4, -0.2) is 18.5 Å². The number of hydrogen-bond donors (Lipinski definition) is 0. The molecule has 0 amide bonds. The third-order valence-corrected chi connectivity index (χ3v) is 3.58. The molecule has 1 aliphatic heterocycles. The average molecular weight is 318 g/mol. The molecular weight excluding hydrogens is 303 g/mol. The molecule has 4 heteroatoms. The molecule has 0 radical (unpaired) electrons. The predicted molar refractivity (Wildman–Crippen MR) is 71.7 cm³/mol. The highest BCUT2D eigenvalue weighted by atomic mass is 79.9. The number of carbonyl (C=O) groups excluding carboxylic acids is 1. The van der Waals surface area contributed by atoms with Gasteiger partial charge in [0.1, 0.15) is 0 Å². The molecule has 1 fully saturated rings. The number of benzene rings is 1. The maximum Gasteiger partial charge on any atom is 0.163 e. The molecule has 2 rings (SSSR count). The minimum Gasteiger partial charge on any atom is -0.378 e. The van der Waals surface area contributed by atoms with Gasteiger partial charge in [-0.15, -0.1) is 0 Å². The van der Waals surface area contributed by atoms with E-state index >= 15 is 0 Å². The second kappa shape index (κ2) is 5.98. The van der Waals surface area contributed by atoms with Crippen molar-refractivity contribution in [3.63, 3.8) is 0 Å². The van der Waals surface area contributed by atoms with E-state index in [1.54, 1.807) is 12.1 Å². The number of rotatable bonds is 4. The fourth-order valence-electron chi connectivity index (χ4n) is 2.02. The monoisotopic (exact) mass is 316 g/mol. The van der Waals surface area contributed by atoms with Crippen LogP contribution in [0.1, 0.15) is 36.0 Å². The van der Waals surface area contributed by atoms with E-state index in [2.05, 4.69) is 15.9 Å². The summed E-state index contributed by atoms with van der Waals surface area (Å²) in [5.41, 5.74) is 0.669. The SMILES string of the molecule is O=C(CCC1CCCO1)c1cc(Cl)cc(Br)c1. The fraction of sp³-hybridized carbons (Fsp3) is 0.462. The first-order chi connectivity index (χ1) is 8.15. The van der Waals surface area contributed by atoms with Crippen LogP contribution in [0.15, 0.2) is 22.7 Å². The molecule has 0 bridgehead atoms. The van der Waals surface area contributed by atoms with Crippen LogP contribution in [0.3, 0.4) is 0 Å². The molecule has 92 valence electrons. The van der Waals surface area contributed by atoms with Crippen LogP contribution in [0.2, 0.25) is 5.02 Å². The van der Waals surface area contributed by atoms with Crippen molar-refractivity contribution >= 4 is 33.3 Å². The van der Waals surface area contributed by atoms with E-state index < -0.39 is 0 Å². The number of carbonyl (C=O) groups is 1. The largest absolute Gasteiger partial charge is 0.378 e. The summed E-state index contributed by atoms with van der Waals surface area (Å²) < 4.78 is 6.34. The molecule has 0 spiro atoms. The van der Waals surface area contributed by atoms with Gasteiger partial charge in [-0.2, -0.15) is 0 Å². The van der Waals surface area contributed by atoms with Gasteiger partial charge >= 0.3 is 0 Å². The lowest BCUT2D eigenvalue weighted by Crippen LogP contribution is -2.08. The number of halogens is 2. The molecule has 0 saturated carbocycles. The lowest BCUT2D eigenvalue weighted by Gasteiger charge is -2.08. The van der Waals surface area contributed by atoms with Crippen LogP contribution in [0.4, 0.5) is 0 Å². The van der Waals surface area contributed by atoms with Crippen LogP contribution >= 0.6 is 27.5 Å². The fourth-order valence-corrected chi connectivity index (χ4v) is 2.88. The second-order valence-corrected chi connectivity index (χ2v) is 5.61. The molecule has 0 aromatic heterocycles. The normalized spacial score (nSPS) is 19.5. The Balaban J connectivity index is 1.94. The highest BCUT2D eigenvalue weighted by Gasteiger charge is 2.17. The number of ketones is 1. The summed E-state index contributed by atoms with van der Waals surface area (Å²) in [5.74, 6) is 0.128. The number of Topliss-reactive ketones (excluding diaryl/α,β-unsaturated/α-hetero) is 1. The molecule has 1 heterocycles. The summed E-state index contributed by atoms with van der Waals surface area (Å²) in [6.07, 6.45) is 3.79. The third kappa shape index (κ3) is 3.80. The van der Waals surface area contributed by atoms with Crippen molar-refractivity contribution in [2.24, 2.45) is 0 Å². The summed E-state index contributed by atoms with van der Waals surface area (Å²) in [7, 11) is 0. The van der Waals surface area contributed by atoms with Crippen molar-refractivity contribution in [3.8, 4) is 0 Å². The van der Waals surface area contributed by atoms with Gasteiger partial charge in [-0.3, -0.25) is 4.79 Å². The smallest absolute Gasteiger partial charge is 0.163 e. The first-order valence-electron chi connectivity index (χ1n) is 5.76. The number of hydrogen-bond acceptors (Lipinski definition) is 2. The van der Waals surface area contributed by atoms with Gasteiger partial charge in [0, 0.05) is 28.1 Å². The highest BCUT2D eigenvalue weighted by Crippen LogP contribution is 2.22. The van der Waals surface area contributed by atoms with Gasteiger partial charge in [0.2, 0.25) is 0 Å². The van der Waals surface area contributed by atoms with Crippen LogP contribution in [-0.2, 0) is 4.74 Å². The lowest BCUT2D eigenvalue weighted by molar-refractivity contribution is 0.0859. The molecule has 1 aromatic rings. The van der Waals surface area contributed by atoms with Gasteiger partial charge in [-0.25, -0.2) is 0 Å². The van der Waals surface area contributed by atoms with E-state index in [1.165, 1.54) is 0 Å². The Bertz CT molecular complexity index is 394. The van der Waals surface area contributed by atoms with Gasteiger partial charge in [-0.05, 0) is 37.5 Å². The standard InChI is InChI=1S/C13H14BrClO2/c14-10-6-9(7-11(15)8-10)13(16)4-3-12-2-1-5-17-12/h6-8,12H,1-5H2. The first kappa shape index (κ1) is 13.1. The molecule has 0 aliphatic carbocycles. The third-order valence-electron chi connectivity index (χ3n) is 2.90. The Morgan fingerprint density at radius 3 is 2.94 bits per heavy atom. The minimum absolute atomic E-state index is 0.128. The van der Waals surface area contributed by atoms with Gasteiger partial charge in [-0.1, -0.05) is 27.5 Å². The highest BCUT2D eigenvalue weighted by molar-refractivity contribution is 9.10. The van der Waals surface area contributed by atoms with Crippen molar-refractivity contribution < 1.29 is 9.53 Å². The van der Waals surface area contributed by atoms with E-state index in [-0.39, 0.29) is 11.9 Å². The van der Waals surface area contributed by atoms with Crippen LogP contribution in [0, 0.1) is 0 Å². The van der Waals surface area contributed by atoms with Gasteiger partial charge < -0.3 is 4.74 Å². The molecule has 1 aromatic carbocycles. The van der Waals surface area contributed by atoms with Crippen molar-refractivity contribution in [3.05, 3.63) is 33.3 Å². The van der Waals surface area contributed by atoms with Crippen LogP contribution in [0.5, 0.6) is 0 Å². The minimum atomic E-state index is 0.128. The van der Waals surface area contributed by atoms with Crippen molar-refractivity contribution in [1.29, 1.82) is 0 Å².